The lowest BCUT2D eigenvalue weighted by Crippen LogP contribution is -2.29. The fourth-order valence-corrected chi connectivity index (χ4v) is 5.22. The highest BCUT2D eigenvalue weighted by Crippen LogP contribution is 2.48. The summed E-state index contributed by atoms with van der Waals surface area (Å²) >= 11 is 7.44. The first kappa shape index (κ1) is 18.2. The van der Waals surface area contributed by atoms with Crippen LogP contribution in [0.3, 0.4) is 0 Å². The van der Waals surface area contributed by atoms with Crippen molar-refractivity contribution in [3.05, 3.63) is 111 Å². The SMILES string of the molecule is O=C1C(=Cc2ccc(Cl)cc2)S[C@@H]2c3ccccc3C(=O)N2Cc2ccccc21. The van der Waals surface area contributed by atoms with Crippen LogP contribution in [0.5, 0.6) is 0 Å². The number of allylic oxidation sites excluding steroid dienone is 1. The summed E-state index contributed by atoms with van der Waals surface area (Å²) in [7, 11) is 0. The number of amides is 1. The second-order valence-corrected chi connectivity index (χ2v) is 8.60. The maximum absolute atomic E-state index is 13.4. The van der Waals surface area contributed by atoms with Gasteiger partial charge in [-0.3, -0.25) is 9.59 Å². The van der Waals surface area contributed by atoms with Crippen molar-refractivity contribution in [3.8, 4) is 0 Å². The van der Waals surface area contributed by atoms with E-state index in [1.165, 1.54) is 11.8 Å². The lowest BCUT2D eigenvalue weighted by molar-refractivity contribution is 0.0758. The Morgan fingerprint density at radius 3 is 2.38 bits per heavy atom. The molecule has 2 aliphatic rings. The molecule has 0 aliphatic carbocycles. The molecule has 0 aromatic heterocycles. The van der Waals surface area contributed by atoms with E-state index in [1.807, 2.05) is 71.6 Å². The molecule has 3 aromatic carbocycles. The summed E-state index contributed by atoms with van der Waals surface area (Å²) in [5.74, 6) is -0.00914. The van der Waals surface area contributed by atoms with E-state index in [1.54, 1.807) is 12.1 Å². The molecule has 0 saturated carbocycles. The van der Waals surface area contributed by atoms with Crippen molar-refractivity contribution in [1.29, 1.82) is 0 Å². The van der Waals surface area contributed by atoms with E-state index in [9.17, 15) is 9.59 Å². The maximum atomic E-state index is 13.4. The highest BCUT2D eigenvalue weighted by atomic mass is 35.5. The molecule has 0 saturated heterocycles. The minimum Gasteiger partial charge on any atom is -0.318 e. The Morgan fingerprint density at radius 1 is 0.897 bits per heavy atom. The molecular formula is C24H16ClNO2S. The van der Waals surface area contributed by atoms with Gasteiger partial charge in [-0.1, -0.05) is 78.0 Å². The Morgan fingerprint density at radius 2 is 1.59 bits per heavy atom. The third-order valence-corrected chi connectivity index (χ3v) is 6.77. The molecular weight excluding hydrogens is 402 g/mol. The summed E-state index contributed by atoms with van der Waals surface area (Å²) in [4.78, 5) is 29.0. The number of hydrogen-bond donors (Lipinski definition) is 0. The van der Waals surface area contributed by atoms with Gasteiger partial charge >= 0.3 is 0 Å². The molecule has 0 spiro atoms. The fraction of sp³-hybridized carbons (Fsp3) is 0.0833. The van der Waals surface area contributed by atoms with E-state index in [4.69, 9.17) is 11.6 Å². The molecule has 2 heterocycles. The van der Waals surface area contributed by atoms with Crippen LogP contribution >= 0.6 is 23.4 Å². The first-order valence-corrected chi connectivity index (χ1v) is 10.5. The van der Waals surface area contributed by atoms with E-state index in [0.717, 1.165) is 16.7 Å². The van der Waals surface area contributed by atoms with Gasteiger partial charge in [-0.25, -0.2) is 0 Å². The Labute approximate surface area is 178 Å². The van der Waals surface area contributed by atoms with Crippen LogP contribution in [-0.4, -0.2) is 16.6 Å². The normalized spacial score (nSPS) is 19.4. The Bertz CT molecular complexity index is 1170. The molecule has 5 rings (SSSR count). The summed E-state index contributed by atoms with van der Waals surface area (Å²) in [6, 6.07) is 22.6. The number of hydrogen-bond acceptors (Lipinski definition) is 3. The molecule has 3 aromatic rings. The van der Waals surface area contributed by atoms with Crippen molar-refractivity contribution in [1.82, 2.24) is 4.90 Å². The van der Waals surface area contributed by atoms with E-state index >= 15 is 0 Å². The molecule has 1 amide bonds. The van der Waals surface area contributed by atoms with Gasteiger partial charge in [-0.15, -0.1) is 0 Å². The predicted octanol–water partition coefficient (Wildman–Crippen LogP) is 5.97. The first-order valence-electron chi connectivity index (χ1n) is 9.28. The van der Waals surface area contributed by atoms with Crippen LogP contribution < -0.4 is 0 Å². The molecule has 5 heteroatoms. The zero-order valence-electron chi connectivity index (χ0n) is 15.3. The van der Waals surface area contributed by atoms with Gasteiger partial charge in [0.2, 0.25) is 0 Å². The lowest BCUT2D eigenvalue weighted by Gasteiger charge is -2.29. The van der Waals surface area contributed by atoms with Crippen molar-refractivity contribution in [3.63, 3.8) is 0 Å². The molecule has 0 unspecified atom stereocenters. The minimum absolute atomic E-state index is 0.00750. The Balaban J connectivity index is 1.67. The van der Waals surface area contributed by atoms with Crippen molar-refractivity contribution < 1.29 is 9.59 Å². The largest absolute Gasteiger partial charge is 0.318 e. The Kier molecular flexibility index (Phi) is 4.53. The molecule has 1 atom stereocenters. The number of Topliss-reactive ketones (excluding diaryl/α,β-unsaturated/α-hetero) is 1. The lowest BCUT2D eigenvalue weighted by atomic mass is 10.0. The van der Waals surface area contributed by atoms with Gasteiger partial charge in [0.05, 0.1) is 4.91 Å². The van der Waals surface area contributed by atoms with Crippen LogP contribution in [0.25, 0.3) is 6.08 Å². The summed E-state index contributed by atoms with van der Waals surface area (Å²) in [6.45, 7) is 0.418. The quantitative estimate of drug-likeness (QED) is 0.458. The van der Waals surface area contributed by atoms with E-state index in [0.29, 0.717) is 27.6 Å². The standard InChI is InChI=1S/C24H16ClNO2S/c25-17-11-9-15(10-12-17)13-21-22(27)18-6-2-1-5-16(18)14-26-23(28)19-7-3-4-8-20(19)24(26)29-21/h1-13,24H,14H2/t24-/m1/s1. The van der Waals surface area contributed by atoms with E-state index in [2.05, 4.69) is 0 Å². The van der Waals surface area contributed by atoms with Gasteiger partial charge in [0.1, 0.15) is 5.37 Å². The maximum Gasteiger partial charge on any atom is 0.255 e. The number of benzene rings is 3. The molecule has 2 aliphatic heterocycles. The van der Waals surface area contributed by atoms with Gasteiger partial charge in [-0.2, -0.15) is 0 Å². The number of halogens is 1. The average Bonchev–Trinajstić information content (AvgIpc) is 2.99. The van der Waals surface area contributed by atoms with Crippen molar-refractivity contribution >= 4 is 41.1 Å². The number of fused-ring (bicyclic) bond motifs is 4. The first-order chi connectivity index (χ1) is 14.1. The van der Waals surface area contributed by atoms with Gasteiger partial charge in [-0.05, 0) is 41.0 Å². The third kappa shape index (κ3) is 3.18. The summed E-state index contributed by atoms with van der Waals surface area (Å²) < 4.78 is 0. The highest BCUT2D eigenvalue weighted by molar-refractivity contribution is 8.04. The van der Waals surface area contributed by atoms with Gasteiger partial charge in [0, 0.05) is 22.7 Å². The number of carbonyl (C=O) groups is 2. The van der Waals surface area contributed by atoms with Crippen molar-refractivity contribution in [2.45, 2.75) is 11.9 Å². The smallest absolute Gasteiger partial charge is 0.255 e. The zero-order valence-corrected chi connectivity index (χ0v) is 16.9. The average molecular weight is 418 g/mol. The second-order valence-electron chi connectivity index (χ2n) is 7.04. The number of ketones is 1. The van der Waals surface area contributed by atoms with Crippen LogP contribution in [0.1, 0.15) is 42.8 Å². The molecule has 142 valence electrons. The number of thioether (sulfide) groups is 1. The highest BCUT2D eigenvalue weighted by Gasteiger charge is 2.40. The van der Waals surface area contributed by atoms with Gasteiger partial charge in [0.15, 0.2) is 5.78 Å². The summed E-state index contributed by atoms with van der Waals surface area (Å²) in [5, 5.41) is 0.421. The molecule has 3 nitrogen and oxygen atoms in total. The minimum atomic E-state index is -0.227. The number of carbonyl (C=O) groups excluding carboxylic acids is 2. The molecule has 29 heavy (non-hydrogen) atoms. The summed E-state index contributed by atoms with van der Waals surface area (Å²) in [5.41, 5.74) is 4.07. The van der Waals surface area contributed by atoms with Crippen LogP contribution in [-0.2, 0) is 6.54 Å². The topological polar surface area (TPSA) is 37.4 Å². The molecule has 0 radical (unpaired) electrons. The fourth-order valence-electron chi connectivity index (χ4n) is 3.80. The van der Waals surface area contributed by atoms with Gasteiger partial charge < -0.3 is 4.90 Å². The van der Waals surface area contributed by atoms with E-state index < -0.39 is 0 Å². The molecule has 0 fully saturated rings. The zero-order chi connectivity index (χ0) is 20.0. The second kappa shape index (κ2) is 7.21. The summed E-state index contributed by atoms with van der Waals surface area (Å²) in [6.07, 6.45) is 1.88. The van der Waals surface area contributed by atoms with Crippen LogP contribution in [0.4, 0.5) is 0 Å². The predicted molar refractivity (Wildman–Crippen MR) is 117 cm³/mol. The number of rotatable bonds is 1. The van der Waals surface area contributed by atoms with Gasteiger partial charge in [0.25, 0.3) is 5.91 Å². The number of nitrogens with zero attached hydrogens (tertiary/aromatic N) is 1. The van der Waals surface area contributed by atoms with Crippen molar-refractivity contribution in [2.75, 3.05) is 0 Å². The van der Waals surface area contributed by atoms with Crippen LogP contribution in [0.2, 0.25) is 5.02 Å². The Hall–Kier alpha value is -2.82. The third-order valence-electron chi connectivity index (χ3n) is 5.23. The molecule has 0 bridgehead atoms. The van der Waals surface area contributed by atoms with E-state index in [-0.39, 0.29) is 17.1 Å². The van der Waals surface area contributed by atoms with Crippen molar-refractivity contribution in [2.24, 2.45) is 0 Å². The van der Waals surface area contributed by atoms with Crippen LogP contribution in [0.15, 0.2) is 77.7 Å². The van der Waals surface area contributed by atoms with Crippen LogP contribution in [0, 0.1) is 0 Å². The molecule has 0 N–H and O–H groups in total. The monoisotopic (exact) mass is 417 g/mol.